The van der Waals surface area contributed by atoms with E-state index in [1.165, 1.54) is 11.1 Å². The standard InChI is InChI=1S/C16H22O/c1-4-16(2,3)13-10-9-12-7-5-6-8-15(17)14(12)11-13/h9-11H,4-8H2,1-3H3. The summed E-state index contributed by atoms with van der Waals surface area (Å²) in [5.74, 6) is 0.339. The second kappa shape index (κ2) is 4.64. The molecule has 0 heterocycles. The van der Waals surface area contributed by atoms with E-state index in [0.29, 0.717) is 5.78 Å². The van der Waals surface area contributed by atoms with Gasteiger partial charge in [-0.1, -0.05) is 32.9 Å². The van der Waals surface area contributed by atoms with Crippen LogP contribution in [0.1, 0.15) is 67.9 Å². The summed E-state index contributed by atoms with van der Waals surface area (Å²) in [4.78, 5) is 12.1. The zero-order chi connectivity index (χ0) is 12.5. The van der Waals surface area contributed by atoms with Crippen molar-refractivity contribution in [3.63, 3.8) is 0 Å². The van der Waals surface area contributed by atoms with Crippen molar-refractivity contribution in [1.82, 2.24) is 0 Å². The Bertz CT molecular complexity index is 429. The number of hydrogen-bond donors (Lipinski definition) is 0. The molecule has 0 saturated carbocycles. The van der Waals surface area contributed by atoms with E-state index < -0.39 is 0 Å². The molecule has 0 N–H and O–H groups in total. The Hall–Kier alpha value is -1.11. The van der Waals surface area contributed by atoms with Crippen LogP contribution in [0, 0.1) is 0 Å². The number of rotatable bonds is 2. The molecule has 0 atom stereocenters. The lowest BCUT2D eigenvalue weighted by Gasteiger charge is -2.24. The summed E-state index contributed by atoms with van der Waals surface area (Å²) >= 11 is 0. The van der Waals surface area contributed by atoms with E-state index in [4.69, 9.17) is 0 Å². The Labute approximate surface area is 104 Å². The Balaban J connectivity index is 2.45. The molecule has 0 amide bonds. The lowest BCUT2D eigenvalue weighted by atomic mass is 9.80. The fourth-order valence-corrected chi connectivity index (χ4v) is 2.41. The summed E-state index contributed by atoms with van der Waals surface area (Å²) < 4.78 is 0. The third-order valence-electron chi connectivity index (χ3n) is 4.18. The van der Waals surface area contributed by atoms with Crippen molar-refractivity contribution in [2.24, 2.45) is 0 Å². The minimum Gasteiger partial charge on any atom is -0.294 e. The monoisotopic (exact) mass is 230 g/mol. The third-order valence-corrected chi connectivity index (χ3v) is 4.18. The second-order valence-electron chi connectivity index (χ2n) is 5.74. The van der Waals surface area contributed by atoms with Crippen molar-refractivity contribution in [2.45, 2.75) is 58.3 Å². The summed E-state index contributed by atoms with van der Waals surface area (Å²) in [6.45, 7) is 6.69. The Kier molecular flexibility index (Phi) is 3.37. The molecule has 2 rings (SSSR count). The molecule has 0 unspecified atom stereocenters. The fourth-order valence-electron chi connectivity index (χ4n) is 2.41. The topological polar surface area (TPSA) is 17.1 Å². The van der Waals surface area contributed by atoms with Crippen molar-refractivity contribution < 1.29 is 4.79 Å². The highest BCUT2D eigenvalue weighted by atomic mass is 16.1. The van der Waals surface area contributed by atoms with E-state index in [9.17, 15) is 4.79 Å². The van der Waals surface area contributed by atoms with Crippen LogP contribution >= 0.6 is 0 Å². The minimum absolute atomic E-state index is 0.168. The maximum atomic E-state index is 12.1. The number of ketones is 1. The molecular weight excluding hydrogens is 208 g/mol. The van der Waals surface area contributed by atoms with Crippen LogP contribution in [0.4, 0.5) is 0 Å². The minimum atomic E-state index is 0.168. The van der Waals surface area contributed by atoms with Gasteiger partial charge in [0.25, 0.3) is 0 Å². The Morgan fingerprint density at radius 3 is 2.59 bits per heavy atom. The predicted molar refractivity (Wildman–Crippen MR) is 71.6 cm³/mol. The molecular formula is C16H22O. The summed E-state index contributed by atoms with van der Waals surface area (Å²) in [6, 6.07) is 6.53. The van der Waals surface area contributed by atoms with Gasteiger partial charge in [-0.05, 0) is 48.3 Å². The van der Waals surface area contributed by atoms with Gasteiger partial charge >= 0.3 is 0 Å². The van der Waals surface area contributed by atoms with E-state index >= 15 is 0 Å². The van der Waals surface area contributed by atoms with E-state index in [-0.39, 0.29) is 5.41 Å². The van der Waals surface area contributed by atoms with E-state index in [1.54, 1.807) is 0 Å². The van der Waals surface area contributed by atoms with Crippen LogP contribution in [0.2, 0.25) is 0 Å². The van der Waals surface area contributed by atoms with E-state index in [2.05, 4.69) is 39.0 Å². The van der Waals surface area contributed by atoms with Gasteiger partial charge in [-0.2, -0.15) is 0 Å². The summed E-state index contributed by atoms with van der Waals surface area (Å²) in [6.07, 6.45) is 5.08. The third kappa shape index (κ3) is 2.43. The van der Waals surface area contributed by atoms with Gasteiger partial charge in [0.1, 0.15) is 0 Å². The molecule has 1 aliphatic rings. The molecule has 0 saturated heterocycles. The van der Waals surface area contributed by atoms with Crippen LogP contribution < -0.4 is 0 Å². The summed E-state index contributed by atoms with van der Waals surface area (Å²) in [5.41, 5.74) is 3.71. The first-order valence-corrected chi connectivity index (χ1v) is 6.71. The van der Waals surface area contributed by atoms with Crippen LogP contribution in [0.3, 0.4) is 0 Å². The highest BCUT2D eigenvalue weighted by Gasteiger charge is 2.22. The molecule has 1 aliphatic carbocycles. The molecule has 1 heteroatoms. The SMILES string of the molecule is CCC(C)(C)c1ccc2c(c1)C(=O)CCCC2. The number of carbonyl (C=O) groups excluding carboxylic acids is 1. The quantitative estimate of drug-likeness (QED) is 0.693. The zero-order valence-electron chi connectivity index (χ0n) is 11.2. The van der Waals surface area contributed by atoms with Gasteiger partial charge in [-0.3, -0.25) is 4.79 Å². The number of carbonyl (C=O) groups is 1. The van der Waals surface area contributed by atoms with Crippen LogP contribution in [-0.2, 0) is 11.8 Å². The second-order valence-corrected chi connectivity index (χ2v) is 5.74. The molecule has 0 radical (unpaired) electrons. The van der Waals surface area contributed by atoms with Crippen LogP contribution in [-0.4, -0.2) is 5.78 Å². The number of benzene rings is 1. The molecule has 0 aliphatic heterocycles. The first-order chi connectivity index (χ1) is 8.04. The fraction of sp³-hybridized carbons (Fsp3) is 0.562. The first kappa shape index (κ1) is 12.3. The van der Waals surface area contributed by atoms with Crippen LogP contribution in [0.25, 0.3) is 0 Å². The molecule has 92 valence electrons. The van der Waals surface area contributed by atoms with Crippen molar-refractivity contribution >= 4 is 5.78 Å². The molecule has 0 fully saturated rings. The normalized spacial score (nSPS) is 16.5. The van der Waals surface area contributed by atoms with Crippen molar-refractivity contribution in [3.05, 3.63) is 34.9 Å². The number of hydrogen-bond acceptors (Lipinski definition) is 1. The first-order valence-electron chi connectivity index (χ1n) is 6.71. The zero-order valence-corrected chi connectivity index (χ0v) is 11.2. The van der Waals surface area contributed by atoms with Gasteiger partial charge in [-0.15, -0.1) is 0 Å². The predicted octanol–water partition coefficient (Wildman–Crippen LogP) is 4.28. The van der Waals surface area contributed by atoms with E-state index in [0.717, 1.165) is 37.7 Å². The van der Waals surface area contributed by atoms with E-state index in [1.807, 2.05) is 0 Å². The van der Waals surface area contributed by atoms with Crippen molar-refractivity contribution in [3.8, 4) is 0 Å². The van der Waals surface area contributed by atoms with Gasteiger partial charge in [-0.25, -0.2) is 0 Å². The number of fused-ring (bicyclic) bond motifs is 1. The van der Waals surface area contributed by atoms with Gasteiger partial charge < -0.3 is 0 Å². The lowest BCUT2D eigenvalue weighted by molar-refractivity contribution is 0.0982. The van der Waals surface area contributed by atoms with Gasteiger partial charge in [0.05, 0.1) is 0 Å². The smallest absolute Gasteiger partial charge is 0.163 e. The molecule has 0 spiro atoms. The Morgan fingerprint density at radius 2 is 1.88 bits per heavy atom. The average molecular weight is 230 g/mol. The van der Waals surface area contributed by atoms with Crippen LogP contribution in [0.15, 0.2) is 18.2 Å². The van der Waals surface area contributed by atoms with Crippen LogP contribution in [0.5, 0.6) is 0 Å². The Morgan fingerprint density at radius 1 is 1.18 bits per heavy atom. The highest BCUT2D eigenvalue weighted by Crippen LogP contribution is 2.30. The maximum Gasteiger partial charge on any atom is 0.163 e. The van der Waals surface area contributed by atoms with Gasteiger partial charge in [0.2, 0.25) is 0 Å². The molecule has 1 nitrogen and oxygen atoms in total. The lowest BCUT2D eigenvalue weighted by Crippen LogP contribution is -2.16. The van der Waals surface area contributed by atoms with Crippen molar-refractivity contribution in [2.75, 3.05) is 0 Å². The largest absolute Gasteiger partial charge is 0.294 e. The average Bonchev–Trinajstić information content (AvgIpc) is 2.51. The molecule has 0 bridgehead atoms. The van der Waals surface area contributed by atoms with Crippen molar-refractivity contribution in [1.29, 1.82) is 0 Å². The molecule has 0 aromatic heterocycles. The maximum absolute atomic E-state index is 12.1. The number of aryl methyl sites for hydroxylation is 1. The highest BCUT2D eigenvalue weighted by molar-refractivity contribution is 5.98. The number of Topliss-reactive ketones (excluding diaryl/α,β-unsaturated/α-hetero) is 1. The van der Waals surface area contributed by atoms with Gasteiger partial charge in [0, 0.05) is 12.0 Å². The molecule has 1 aromatic rings. The summed E-state index contributed by atoms with van der Waals surface area (Å²) in [5, 5.41) is 0. The molecule has 17 heavy (non-hydrogen) atoms. The summed E-state index contributed by atoms with van der Waals surface area (Å²) in [7, 11) is 0. The molecule has 1 aromatic carbocycles. The van der Waals surface area contributed by atoms with Gasteiger partial charge in [0.15, 0.2) is 5.78 Å².